The van der Waals surface area contributed by atoms with Crippen molar-refractivity contribution >= 4 is 23.2 Å². The van der Waals surface area contributed by atoms with E-state index in [2.05, 4.69) is 22.2 Å². The number of fused-ring (bicyclic) bond motifs is 1. The molecule has 1 aliphatic heterocycles. The molecule has 1 aliphatic rings. The lowest BCUT2D eigenvalue weighted by Crippen LogP contribution is -2.44. The van der Waals surface area contributed by atoms with E-state index in [-0.39, 0.29) is 13.2 Å². The maximum Gasteiger partial charge on any atom is 0.264 e. The van der Waals surface area contributed by atoms with Gasteiger partial charge >= 0.3 is 0 Å². The van der Waals surface area contributed by atoms with Crippen LogP contribution in [0, 0.1) is 5.92 Å². The zero-order chi connectivity index (χ0) is 24.9. The smallest absolute Gasteiger partial charge is 0.264 e. The number of aromatic nitrogens is 3. The molecule has 0 spiro atoms. The quantitative estimate of drug-likeness (QED) is 0.362. The van der Waals surface area contributed by atoms with Crippen LogP contribution in [0.2, 0.25) is 0 Å². The number of amides is 2. The van der Waals surface area contributed by atoms with Gasteiger partial charge in [-0.1, -0.05) is 30.4 Å². The molecule has 0 unspecified atom stereocenters. The third kappa shape index (κ3) is 5.09. The van der Waals surface area contributed by atoms with Gasteiger partial charge in [-0.15, -0.1) is 11.7 Å². The average Bonchev–Trinajstić information content (AvgIpc) is 3.34. The molecular weight excluding hydrogens is 438 g/mol. The van der Waals surface area contributed by atoms with E-state index < -0.39 is 29.4 Å². The van der Waals surface area contributed by atoms with Gasteiger partial charge in [0.15, 0.2) is 5.60 Å². The highest BCUT2D eigenvalue weighted by atomic mass is 16.3. The Morgan fingerprint density at radius 2 is 2.12 bits per heavy atom. The van der Waals surface area contributed by atoms with Crippen molar-refractivity contribution in [3.63, 3.8) is 0 Å². The van der Waals surface area contributed by atoms with E-state index in [4.69, 9.17) is 5.11 Å². The van der Waals surface area contributed by atoms with Gasteiger partial charge in [-0.3, -0.25) is 14.3 Å². The van der Waals surface area contributed by atoms with Crippen LogP contribution < -0.4 is 10.2 Å². The number of hydrogen-bond acceptors (Lipinski definition) is 7. The van der Waals surface area contributed by atoms with Crippen molar-refractivity contribution in [2.24, 2.45) is 5.92 Å². The highest BCUT2D eigenvalue weighted by Gasteiger charge is 2.52. The summed E-state index contributed by atoms with van der Waals surface area (Å²) >= 11 is 0. The van der Waals surface area contributed by atoms with Crippen LogP contribution in [0.3, 0.4) is 0 Å². The third-order valence-corrected chi connectivity index (χ3v) is 5.79. The van der Waals surface area contributed by atoms with Crippen LogP contribution >= 0.6 is 0 Å². The maximum absolute atomic E-state index is 13.3. The number of benzene rings is 1. The molecule has 3 atom stereocenters. The average molecular weight is 470 g/mol. The molecule has 0 fully saturated rings. The van der Waals surface area contributed by atoms with E-state index in [9.17, 15) is 19.8 Å². The molecule has 0 bridgehead atoms. The van der Waals surface area contributed by atoms with Crippen LogP contribution in [-0.2, 0) is 28.2 Å². The van der Waals surface area contributed by atoms with Crippen LogP contribution in [0.1, 0.15) is 31.5 Å². The summed E-state index contributed by atoms with van der Waals surface area (Å²) in [6, 6.07) is 4.86. The first kappa shape index (κ1) is 25.3. The van der Waals surface area contributed by atoms with E-state index in [0.717, 1.165) is 0 Å². The largest absolute Gasteiger partial charge is 0.396 e. The number of allylic oxidation sites excluding steroid dienone is 1. The van der Waals surface area contributed by atoms with E-state index in [1.807, 2.05) is 6.08 Å². The number of aliphatic hydroxyl groups excluding tert-OH is 2. The molecule has 0 saturated heterocycles. The molecule has 2 amide bonds. The number of aliphatic hydroxyl groups is 3. The summed E-state index contributed by atoms with van der Waals surface area (Å²) < 4.78 is 1.67. The van der Waals surface area contributed by atoms with Gasteiger partial charge in [-0.25, -0.2) is 0 Å². The maximum atomic E-state index is 13.3. The summed E-state index contributed by atoms with van der Waals surface area (Å²) in [6.45, 7) is 7.61. The van der Waals surface area contributed by atoms with Crippen molar-refractivity contribution < 1.29 is 24.9 Å². The molecule has 1 aromatic heterocycles. The molecule has 0 saturated carbocycles. The van der Waals surface area contributed by atoms with Crippen molar-refractivity contribution in [1.82, 2.24) is 15.0 Å². The lowest BCUT2D eigenvalue weighted by Gasteiger charge is -2.27. The van der Waals surface area contributed by atoms with Gasteiger partial charge in [0.25, 0.3) is 11.8 Å². The predicted molar refractivity (Wildman–Crippen MR) is 127 cm³/mol. The first-order valence-electron chi connectivity index (χ1n) is 11.2. The molecule has 0 aliphatic carbocycles. The fourth-order valence-corrected chi connectivity index (χ4v) is 3.91. The van der Waals surface area contributed by atoms with E-state index in [1.54, 1.807) is 48.2 Å². The molecular formula is C24H31N5O5. The lowest BCUT2D eigenvalue weighted by molar-refractivity contribution is -0.139. The molecule has 3 rings (SSSR count). The first-order valence-corrected chi connectivity index (χ1v) is 11.2. The van der Waals surface area contributed by atoms with E-state index in [1.165, 1.54) is 11.8 Å². The van der Waals surface area contributed by atoms with Crippen LogP contribution in [0.15, 0.2) is 49.2 Å². The van der Waals surface area contributed by atoms with Crippen molar-refractivity contribution in [2.75, 3.05) is 23.4 Å². The predicted octanol–water partition coefficient (Wildman–Crippen LogP) is 1.14. The number of hydrogen-bond donors (Lipinski definition) is 4. The van der Waals surface area contributed by atoms with Gasteiger partial charge in [0, 0.05) is 49.5 Å². The fraction of sp³-hybridized carbons (Fsp3) is 0.417. The Labute approximate surface area is 198 Å². The Morgan fingerprint density at radius 3 is 2.79 bits per heavy atom. The van der Waals surface area contributed by atoms with Crippen LogP contribution in [0.25, 0.3) is 0 Å². The number of anilines is 2. The Balaban J connectivity index is 1.80. The number of carbonyl (C=O) groups excluding carboxylic acids is 2. The summed E-state index contributed by atoms with van der Waals surface area (Å²) in [5.74, 6) is -1.63. The molecule has 2 heterocycles. The van der Waals surface area contributed by atoms with Crippen LogP contribution in [-0.4, -0.2) is 61.4 Å². The van der Waals surface area contributed by atoms with Gasteiger partial charge in [0.2, 0.25) is 0 Å². The van der Waals surface area contributed by atoms with Gasteiger partial charge in [0.1, 0.15) is 6.10 Å². The SMILES string of the molecule is C=CCN1C(=O)[C@](O)([C@H](C)/C=C/CCn2cc(CCO)nn2)c2cc(NC(=O)[C@H](C)O)ccc21. The number of nitrogens with one attached hydrogen (secondary N) is 1. The minimum absolute atomic E-state index is 0.0114. The second-order valence-corrected chi connectivity index (χ2v) is 8.32. The zero-order valence-corrected chi connectivity index (χ0v) is 19.4. The fourth-order valence-electron chi connectivity index (χ4n) is 3.91. The van der Waals surface area contributed by atoms with Gasteiger partial charge in [-0.05, 0) is 31.5 Å². The Bertz CT molecular complexity index is 1080. The summed E-state index contributed by atoms with van der Waals surface area (Å²) in [7, 11) is 0. The van der Waals surface area contributed by atoms with Crippen LogP contribution in [0.5, 0.6) is 0 Å². The van der Waals surface area contributed by atoms with Crippen molar-refractivity contribution in [3.8, 4) is 0 Å². The van der Waals surface area contributed by atoms with Gasteiger partial charge in [-0.2, -0.15) is 0 Å². The highest BCUT2D eigenvalue weighted by Crippen LogP contribution is 2.46. The number of rotatable bonds is 11. The van der Waals surface area contributed by atoms with Gasteiger partial charge < -0.3 is 25.5 Å². The Hall–Kier alpha value is -3.34. The summed E-state index contributed by atoms with van der Waals surface area (Å²) in [4.78, 5) is 26.7. The molecule has 34 heavy (non-hydrogen) atoms. The summed E-state index contributed by atoms with van der Waals surface area (Å²) in [5, 5.41) is 40.7. The highest BCUT2D eigenvalue weighted by molar-refractivity contribution is 6.08. The minimum atomic E-state index is -1.83. The Morgan fingerprint density at radius 1 is 1.35 bits per heavy atom. The Kier molecular flexibility index (Phi) is 7.98. The molecule has 1 aromatic carbocycles. The standard InChI is InChI=1S/C24H31N5O5/c1-4-11-29-21-9-8-18(25-22(32)17(3)31)14-20(21)24(34,23(29)33)16(2)7-5-6-12-28-15-19(10-13-30)26-27-28/h4-5,7-9,14-17,30-31,34H,1,6,10-13H2,2-3H3,(H,25,32)/b7-5+/t16-,17+,24+/m1/s1. The molecule has 10 nitrogen and oxygen atoms in total. The lowest BCUT2D eigenvalue weighted by atomic mass is 9.82. The van der Waals surface area contributed by atoms with Crippen molar-refractivity contribution in [1.29, 1.82) is 0 Å². The molecule has 182 valence electrons. The molecule has 4 N–H and O–H groups in total. The van der Waals surface area contributed by atoms with E-state index in [0.29, 0.717) is 42.0 Å². The topological polar surface area (TPSA) is 141 Å². The zero-order valence-electron chi connectivity index (χ0n) is 19.4. The summed E-state index contributed by atoms with van der Waals surface area (Å²) in [6.07, 6.45) is 6.86. The molecule has 2 aromatic rings. The monoisotopic (exact) mass is 469 g/mol. The number of nitrogens with zero attached hydrogens (tertiary/aromatic N) is 4. The summed E-state index contributed by atoms with van der Waals surface area (Å²) in [5.41, 5.74) is 0.175. The second-order valence-electron chi connectivity index (χ2n) is 8.32. The minimum Gasteiger partial charge on any atom is -0.396 e. The first-order chi connectivity index (χ1) is 16.2. The molecule has 10 heteroatoms. The van der Waals surface area contributed by atoms with E-state index >= 15 is 0 Å². The van der Waals surface area contributed by atoms with Crippen molar-refractivity contribution in [3.05, 3.63) is 60.5 Å². The van der Waals surface area contributed by atoms with Crippen molar-refractivity contribution in [2.45, 2.75) is 44.9 Å². The number of aryl methyl sites for hydroxylation is 1. The number of carbonyl (C=O) groups is 2. The normalized spacial score (nSPS) is 19.3. The second kappa shape index (κ2) is 10.7. The molecule has 0 radical (unpaired) electrons. The van der Waals surface area contributed by atoms with Crippen LogP contribution in [0.4, 0.5) is 11.4 Å². The third-order valence-electron chi connectivity index (χ3n) is 5.79. The van der Waals surface area contributed by atoms with Gasteiger partial charge in [0.05, 0.1) is 11.4 Å².